The summed E-state index contributed by atoms with van der Waals surface area (Å²) in [4.78, 5) is 60.8. The molecule has 0 N–H and O–H groups in total. The molecule has 0 saturated carbocycles. The van der Waals surface area contributed by atoms with E-state index in [1.807, 2.05) is 54.6 Å². The standard InChI is InChI=1S/C56H46N6O6/c1-6-60(36-18-12-9-13-19-36)39-24-27-42-45(30-39)54(57-66-33-63)51-48(42)52-50(44-29-26-41(32-47(44)56(52)59-68-35(5)65)62(8-3)38-22-16-11-17-23-38)53-49(51)43-28-25-40(31-46(43)55(53)58-67-34(4)64)61(7-2)37-20-14-10-15-21-37/h9-33H,6-8H2,1-5H3/b57-54+,58-55+,59-56+. The number of hydrogen-bond donors (Lipinski definition) is 0. The van der Waals surface area contributed by atoms with Gasteiger partial charge >= 0.3 is 18.4 Å². The zero-order chi connectivity index (χ0) is 47.1. The minimum atomic E-state index is -0.593. The Balaban J connectivity index is 1.45. The molecule has 0 aliphatic rings. The Kier molecular flexibility index (Phi) is 11.4. The van der Waals surface area contributed by atoms with Crippen LogP contribution in [0.2, 0.25) is 0 Å². The van der Waals surface area contributed by atoms with Crippen LogP contribution in [-0.4, -0.2) is 38.0 Å². The highest BCUT2D eigenvalue weighted by molar-refractivity contribution is 6.42. The van der Waals surface area contributed by atoms with Crippen molar-refractivity contribution in [1.82, 2.24) is 0 Å². The number of anilines is 6. The average Bonchev–Trinajstić information content (AvgIpc) is 3.98. The van der Waals surface area contributed by atoms with Crippen molar-refractivity contribution in [2.45, 2.75) is 34.6 Å². The Morgan fingerprint density at radius 3 is 1.00 bits per heavy atom. The van der Waals surface area contributed by atoms with Crippen LogP contribution in [0.4, 0.5) is 34.1 Å². The van der Waals surface area contributed by atoms with Gasteiger partial charge in [-0.3, -0.25) is 4.79 Å². The van der Waals surface area contributed by atoms with Crippen LogP contribution >= 0.6 is 0 Å². The highest BCUT2D eigenvalue weighted by Gasteiger charge is 2.28. The number of benzene rings is 7. The molecule has 0 aliphatic carbocycles. The molecule has 10 aromatic carbocycles. The first kappa shape index (κ1) is 43.3. The second-order valence-electron chi connectivity index (χ2n) is 16.4. The second kappa shape index (κ2) is 18.0. The number of carbonyl (C=O) groups excluding carboxylic acids is 3. The van der Waals surface area contributed by atoms with E-state index in [9.17, 15) is 14.4 Å². The molecule has 0 unspecified atom stereocenters. The Labute approximate surface area is 390 Å². The van der Waals surface area contributed by atoms with Gasteiger partial charge in [0.25, 0.3) is 0 Å². The monoisotopic (exact) mass is 898 g/mol. The third kappa shape index (κ3) is 7.27. The van der Waals surface area contributed by atoms with E-state index in [4.69, 9.17) is 14.5 Å². The van der Waals surface area contributed by atoms with Crippen molar-refractivity contribution in [1.29, 1.82) is 0 Å². The molecule has 10 aromatic rings. The van der Waals surface area contributed by atoms with Gasteiger partial charge in [0.05, 0.1) is 0 Å². The van der Waals surface area contributed by atoms with E-state index in [0.717, 1.165) is 66.4 Å². The largest absolute Gasteiger partial charge is 0.342 e. The summed E-state index contributed by atoms with van der Waals surface area (Å²) in [5.74, 6) is -1.19. The molecule has 0 aromatic heterocycles. The minimum Gasteiger partial charge on any atom is -0.342 e. The minimum absolute atomic E-state index is 0.304. The van der Waals surface area contributed by atoms with E-state index >= 15 is 0 Å². The Morgan fingerprint density at radius 2 is 0.721 bits per heavy atom. The first-order chi connectivity index (χ1) is 33.3. The summed E-state index contributed by atoms with van der Waals surface area (Å²) in [5, 5.41) is 23.9. The van der Waals surface area contributed by atoms with Crippen LogP contribution in [0.15, 0.2) is 161 Å². The third-order valence-electron chi connectivity index (χ3n) is 12.6. The summed E-state index contributed by atoms with van der Waals surface area (Å²) < 4.78 is 0. The van der Waals surface area contributed by atoms with Gasteiger partial charge in [0.2, 0.25) is 0 Å². The number of carbonyl (C=O) groups is 3. The molecule has 0 atom stereocenters. The van der Waals surface area contributed by atoms with Gasteiger partial charge in [0.1, 0.15) is 16.1 Å². The van der Waals surface area contributed by atoms with Crippen LogP contribution in [0.5, 0.6) is 0 Å². The van der Waals surface area contributed by atoms with Crippen molar-refractivity contribution in [2.24, 2.45) is 15.5 Å². The summed E-state index contributed by atoms with van der Waals surface area (Å²) in [6.45, 7) is 11.2. The van der Waals surface area contributed by atoms with Crippen LogP contribution in [-0.2, 0) is 28.9 Å². The lowest BCUT2D eigenvalue weighted by Gasteiger charge is -2.23. The van der Waals surface area contributed by atoms with E-state index in [-0.39, 0.29) is 0 Å². The van der Waals surface area contributed by atoms with Gasteiger partial charge < -0.3 is 29.2 Å². The van der Waals surface area contributed by atoms with E-state index in [0.29, 0.717) is 74.5 Å². The normalized spacial score (nSPS) is 12.5. The van der Waals surface area contributed by atoms with Crippen LogP contribution in [0.3, 0.4) is 0 Å². The van der Waals surface area contributed by atoms with Gasteiger partial charge in [-0.15, -0.1) is 0 Å². The summed E-state index contributed by atoms with van der Waals surface area (Å²) in [7, 11) is 0. The number of para-hydroxylation sites is 3. The second-order valence-corrected chi connectivity index (χ2v) is 16.4. The molecule has 12 nitrogen and oxygen atoms in total. The molecule has 336 valence electrons. The highest BCUT2D eigenvalue weighted by Crippen LogP contribution is 2.45. The Hall–Kier alpha value is -8.64. The summed E-state index contributed by atoms with van der Waals surface area (Å²) in [5.41, 5.74) is 5.68. The SMILES string of the molecule is CCN(c1ccccc1)c1ccc2c(c1)/c(=N\OC=O)c1c2c2/c(=N/OC(C)=O)c3cc(N(CC)c4ccccc4)ccc3c2c2/c(=N/OC(C)=O)c3cc(N(CC)c4ccccc4)ccc3c12. The summed E-state index contributed by atoms with van der Waals surface area (Å²) in [6.07, 6.45) is 0. The molecule has 0 radical (unpaired) electrons. The summed E-state index contributed by atoms with van der Waals surface area (Å²) >= 11 is 0. The van der Waals surface area contributed by atoms with Gasteiger partial charge in [-0.2, -0.15) is 0 Å². The molecule has 0 fully saturated rings. The first-order valence-electron chi connectivity index (χ1n) is 22.6. The predicted molar refractivity (Wildman–Crippen MR) is 270 cm³/mol. The van der Waals surface area contributed by atoms with Gasteiger partial charge in [0.15, 0.2) is 0 Å². The Bertz CT molecular complexity index is 3720. The number of nitrogens with zero attached hydrogens (tertiary/aromatic N) is 6. The lowest BCUT2D eigenvalue weighted by Crippen LogP contribution is -2.16. The van der Waals surface area contributed by atoms with Gasteiger partial charge in [-0.05, 0) is 110 Å². The lowest BCUT2D eigenvalue weighted by molar-refractivity contribution is -0.142. The first-order valence-corrected chi connectivity index (χ1v) is 22.6. The zero-order valence-electron chi connectivity index (χ0n) is 38.2. The fourth-order valence-corrected chi connectivity index (χ4v) is 9.96. The molecule has 10 rings (SSSR count). The molecule has 0 bridgehead atoms. The number of hydrogen-bond acceptors (Lipinski definition) is 12. The molecular weight excluding hydrogens is 853 g/mol. The molecule has 0 aliphatic heterocycles. The van der Waals surface area contributed by atoms with Crippen LogP contribution < -0.4 is 30.8 Å². The van der Waals surface area contributed by atoms with Gasteiger partial charge in [0, 0.05) is 116 Å². The Morgan fingerprint density at radius 1 is 0.412 bits per heavy atom. The van der Waals surface area contributed by atoms with Crippen molar-refractivity contribution >= 4 is 117 Å². The maximum absolute atomic E-state index is 12.7. The van der Waals surface area contributed by atoms with Crippen molar-refractivity contribution in [3.05, 3.63) is 162 Å². The van der Waals surface area contributed by atoms with Crippen LogP contribution in [0, 0.1) is 0 Å². The van der Waals surface area contributed by atoms with Crippen molar-refractivity contribution < 1.29 is 28.9 Å². The molecule has 0 saturated heterocycles. The molecule has 0 amide bonds. The number of rotatable bonds is 13. The maximum atomic E-state index is 12.7. The van der Waals surface area contributed by atoms with E-state index in [1.54, 1.807) is 0 Å². The lowest BCUT2D eigenvalue weighted by atomic mass is 9.99. The van der Waals surface area contributed by atoms with Crippen molar-refractivity contribution in [3.63, 3.8) is 0 Å². The molecule has 0 spiro atoms. The molecule has 0 heterocycles. The maximum Gasteiger partial charge on any atom is 0.332 e. The molecule has 68 heavy (non-hydrogen) atoms. The topological polar surface area (TPSA) is 126 Å². The molecular formula is C56H46N6O6. The smallest absolute Gasteiger partial charge is 0.332 e. The molecule has 12 heteroatoms. The quantitative estimate of drug-likeness (QED) is 0.0631. The van der Waals surface area contributed by atoms with Crippen molar-refractivity contribution in [3.8, 4) is 0 Å². The summed E-state index contributed by atoms with van der Waals surface area (Å²) in [6, 6.07) is 48.9. The van der Waals surface area contributed by atoms with E-state index in [1.165, 1.54) is 13.8 Å². The van der Waals surface area contributed by atoms with E-state index in [2.05, 4.69) is 142 Å². The third-order valence-corrected chi connectivity index (χ3v) is 12.6. The van der Waals surface area contributed by atoms with Crippen LogP contribution in [0.1, 0.15) is 34.6 Å². The van der Waals surface area contributed by atoms with Gasteiger partial charge in [-0.25, -0.2) is 9.59 Å². The fraction of sp³-hybridized carbons (Fsp3) is 0.143. The zero-order valence-corrected chi connectivity index (χ0v) is 38.2. The fourth-order valence-electron chi connectivity index (χ4n) is 9.96. The van der Waals surface area contributed by atoms with Crippen LogP contribution in [0.25, 0.3) is 64.6 Å². The highest BCUT2D eigenvalue weighted by atomic mass is 16.7. The predicted octanol–water partition coefficient (Wildman–Crippen LogP) is 11.1. The van der Waals surface area contributed by atoms with Gasteiger partial charge in [-0.1, -0.05) is 88.3 Å². The average molecular weight is 899 g/mol. The van der Waals surface area contributed by atoms with E-state index < -0.39 is 11.9 Å². The number of fused-ring (bicyclic) bond motifs is 12. The van der Waals surface area contributed by atoms with Crippen molar-refractivity contribution in [2.75, 3.05) is 34.3 Å².